The monoisotopic (exact) mass is 241 g/mol. The van der Waals surface area contributed by atoms with Crippen LogP contribution in [0.5, 0.6) is 0 Å². The SMILES string of the molecule is CC1(Cc2ccccc2Cl)OCC(CN)O1. The van der Waals surface area contributed by atoms with Gasteiger partial charge >= 0.3 is 0 Å². The van der Waals surface area contributed by atoms with E-state index in [1.165, 1.54) is 0 Å². The molecule has 0 aliphatic carbocycles. The largest absolute Gasteiger partial charge is 0.347 e. The highest BCUT2D eigenvalue weighted by Gasteiger charge is 2.36. The smallest absolute Gasteiger partial charge is 0.170 e. The van der Waals surface area contributed by atoms with Gasteiger partial charge in [0.25, 0.3) is 0 Å². The molecule has 0 spiro atoms. The second-order valence-electron chi connectivity index (χ2n) is 4.19. The Morgan fingerprint density at radius 3 is 2.88 bits per heavy atom. The molecule has 0 amide bonds. The summed E-state index contributed by atoms with van der Waals surface area (Å²) in [6.07, 6.45) is 0.635. The Balaban J connectivity index is 2.08. The summed E-state index contributed by atoms with van der Waals surface area (Å²) in [5.74, 6) is -0.602. The molecular formula is C12H16ClNO2. The summed E-state index contributed by atoms with van der Waals surface area (Å²) in [7, 11) is 0. The van der Waals surface area contributed by atoms with Gasteiger partial charge in [-0.3, -0.25) is 0 Å². The first-order valence-corrected chi connectivity index (χ1v) is 5.76. The summed E-state index contributed by atoms with van der Waals surface area (Å²) in [5.41, 5.74) is 6.58. The molecule has 0 aromatic heterocycles. The van der Waals surface area contributed by atoms with Crippen LogP contribution in [0.1, 0.15) is 12.5 Å². The van der Waals surface area contributed by atoms with Gasteiger partial charge in [-0.05, 0) is 18.6 Å². The van der Waals surface area contributed by atoms with Gasteiger partial charge in [-0.15, -0.1) is 0 Å². The maximum atomic E-state index is 6.10. The van der Waals surface area contributed by atoms with Crippen LogP contribution in [-0.2, 0) is 15.9 Å². The van der Waals surface area contributed by atoms with Gasteiger partial charge in [-0.2, -0.15) is 0 Å². The number of halogens is 1. The standard InChI is InChI=1S/C12H16ClNO2/c1-12(15-8-10(7-14)16-12)6-9-4-2-3-5-11(9)13/h2-5,10H,6-8,14H2,1H3. The van der Waals surface area contributed by atoms with Crippen molar-refractivity contribution in [1.29, 1.82) is 0 Å². The van der Waals surface area contributed by atoms with Gasteiger partial charge in [0, 0.05) is 18.0 Å². The van der Waals surface area contributed by atoms with Crippen LogP contribution in [0.25, 0.3) is 0 Å². The van der Waals surface area contributed by atoms with E-state index in [4.69, 9.17) is 26.8 Å². The molecule has 2 atom stereocenters. The van der Waals surface area contributed by atoms with Crippen LogP contribution in [0.2, 0.25) is 5.02 Å². The molecule has 1 fully saturated rings. The number of ether oxygens (including phenoxy) is 2. The van der Waals surface area contributed by atoms with Gasteiger partial charge in [0.15, 0.2) is 5.79 Å². The molecule has 2 N–H and O–H groups in total. The minimum absolute atomic E-state index is 0.00696. The van der Waals surface area contributed by atoms with E-state index in [9.17, 15) is 0 Å². The van der Waals surface area contributed by atoms with Gasteiger partial charge in [0.2, 0.25) is 0 Å². The van der Waals surface area contributed by atoms with Crippen molar-refractivity contribution in [3.63, 3.8) is 0 Å². The van der Waals surface area contributed by atoms with Gasteiger partial charge in [0.1, 0.15) is 0 Å². The van der Waals surface area contributed by atoms with Crippen molar-refractivity contribution in [3.8, 4) is 0 Å². The number of hydrogen-bond donors (Lipinski definition) is 1. The maximum absolute atomic E-state index is 6.10. The van der Waals surface area contributed by atoms with Gasteiger partial charge in [-0.1, -0.05) is 29.8 Å². The fourth-order valence-electron chi connectivity index (χ4n) is 1.89. The first-order valence-electron chi connectivity index (χ1n) is 5.38. The van der Waals surface area contributed by atoms with Crippen molar-refractivity contribution in [1.82, 2.24) is 0 Å². The quantitative estimate of drug-likeness (QED) is 0.880. The molecule has 1 aliphatic rings. The predicted molar refractivity (Wildman–Crippen MR) is 63.4 cm³/mol. The lowest BCUT2D eigenvalue weighted by Crippen LogP contribution is -2.31. The lowest BCUT2D eigenvalue weighted by atomic mass is 10.1. The summed E-state index contributed by atoms with van der Waals surface area (Å²) < 4.78 is 11.4. The fraction of sp³-hybridized carbons (Fsp3) is 0.500. The molecule has 1 saturated heterocycles. The minimum Gasteiger partial charge on any atom is -0.347 e. The average Bonchev–Trinajstić information content (AvgIpc) is 2.64. The molecule has 16 heavy (non-hydrogen) atoms. The van der Waals surface area contributed by atoms with Crippen molar-refractivity contribution in [2.75, 3.05) is 13.2 Å². The Morgan fingerprint density at radius 1 is 1.50 bits per heavy atom. The summed E-state index contributed by atoms with van der Waals surface area (Å²) in [5, 5.41) is 0.743. The van der Waals surface area contributed by atoms with Gasteiger partial charge < -0.3 is 15.2 Å². The highest BCUT2D eigenvalue weighted by atomic mass is 35.5. The Morgan fingerprint density at radius 2 is 2.25 bits per heavy atom. The van der Waals surface area contributed by atoms with E-state index < -0.39 is 5.79 Å². The van der Waals surface area contributed by atoms with E-state index in [2.05, 4.69) is 0 Å². The highest BCUT2D eigenvalue weighted by molar-refractivity contribution is 6.31. The summed E-state index contributed by atoms with van der Waals surface area (Å²) in [6.45, 7) is 2.96. The molecule has 3 nitrogen and oxygen atoms in total. The first kappa shape index (κ1) is 11.9. The number of hydrogen-bond acceptors (Lipinski definition) is 3. The average molecular weight is 242 g/mol. The van der Waals surface area contributed by atoms with Crippen molar-refractivity contribution in [2.45, 2.75) is 25.2 Å². The van der Waals surface area contributed by atoms with E-state index in [-0.39, 0.29) is 6.10 Å². The second kappa shape index (κ2) is 4.72. The van der Waals surface area contributed by atoms with E-state index in [0.717, 1.165) is 10.6 Å². The topological polar surface area (TPSA) is 44.5 Å². The van der Waals surface area contributed by atoms with Crippen LogP contribution < -0.4 is 5.73 Å². The number of nitrogens with two attached hydrogens (primary N) is 1. The van der Waals surface area contributed by atoms with Crippen molar-refractivity contribution < 1.29 is 9.47 Å². The molecule has 1 heterocycles. The zero-order valence-corrected chi connectivity index (χ0v) is 10.0. The molecular weight excluding hydrogens is 226 g/mol. The van der Waals surface area contributed by atoms with E-state index in [1.807, 2.05) is 31.2 Å². The van der Waals surface area contributed by atoms with Crippen LogP contribution >= 0.6 is 11.6 Å². The van der Waals surface area contributed by atoms with Crippen molar-refractivity contribution >= 4 is 11.6 Å². The van der Waals surface area contributed by atoms with Crippen molar-refractivity contribution in [2.24, 2.45) is 5.73 Å². The van der Waals surface area contributed by atoms with Crippen LogP contribution in [-0.4, -0.2) is 25.0 Å². The molecule has 1 aromatic carbocycles. The lowest BCUT2D eigenvalue weighted by molar-refractivity contribution is -0.151. The second-order valence-corrected chi connectivity index (χ2v) is 4.60. The molecule has 4 heteroatoms. The molecule has 88 valence electrons. The summed E-state index contributed by atoms with van der Waals surface area (Å²) in [6, 6.07) is 7.72. The normalized spacial score (nSPS) is 29.6. The third kappa shape index (κ3) is 2.55. The Labute approximate surface area is 100 Å². The van der Waals surface area contributed by atoms with Crippen LogP contribution in [0.4, 0.5) is 0 Å². The molecule has 1 aliphatic heterocycles. The van der Waals surface area contributed by atoms with Crippen LogP contribution in [0, 0.1) is 0 Å². The van der Waals surface area contributed by atoms with Gasteiger partial charge in [0.05, 0.1) is 12.7 Å². The van der Waals surface area contributed by atoms with Crippen molar-refractivity contribution in [3.05, 3.63) is 34.9 Å². The summed E-state index contributed by atoms with van der Waals surface area (Å²) in [4.78, 5) is 0. The fourth-order valence-corrected chi connectivity index (χ4v) is 2.09. The lowest BCUT2D eigenvalue weighted by Gasteiger charge is -2.23. The molecule has 1 aromatic rings. The van der Waals surface area contributed by atoms with E-state index in [0.29, 0.717) is 19.6 Å². The Hall–Kier alpha value is -0.610. The number of benzene rings is 1. The number of rotatable bonds is 3. The zero-order chi connectivity index (χ0) is 11.6. The Bertz CT molecular complexity index is 372. The predicted octanol–water partition coefficient (Wildman–Crippen LogP) is 1.97. The first-order chi connectivity index (χ1) is 7.63. The Kier molecular flexibility index (Phi) is 3.50. The third-order valence-corrected chi connectivity index (χ3v) is 3.09. The molecule has 0 bridgehead atoms. The van der Waals surface area contributed by atoms with Crippen LogP contribution in [0.3, 0.4) is 0 Å². The third-order valence-electron chi connectivity index (χ3n) is 2.72. The van der Waals surface area contributed by atoms with Crippen LogP contribution in [0.15, 0.2) is 24.3 Å². The molecule has 2 unspecified atom stereocenters. The maximum Gasteiger partial charge on any atom is 0.170 e. The minimum atomic E-state index is -0.602. The zero-order valence-electron chi connectivity index (χ0n) is 9.28. The molecule has 0 saturated carbocycles. The van der Waals surface area contributed by atoms with Gasteiger partial charge in [-0.25, -0.2) is 0 Å². The molecule has 2 rings (SSSR count). The van der Waals surface area contributed by atoms with E-state index in [1.54, 1.807) is 0 Å². The summed E-state index contributed by atoms with van der Waals surface area (Å²) >= 11 is 6.10. The molecule has 0 radical (unpaired) electrons. The van der Waals surface area contributed by atoms with E-state index >= 15 is 0 Å². The highest BCUT2D eigenvalue weighted by Crippen LogP contribution is 2.29.